The molecule has 0 aliphatic heterocycles. The Balaban J connectivity index is 2.13. The highest BCUT2D eigenvalue weighted by Gasteiger charge is 2.10. The molecule has 0 unspecified atom stereocenters. The van der Waals surface area contributed by atoms with E-state index in [0.717, 1.165) is 31.2 Å². The van der Waals surface area contributed by atoms with Crippen LogP contribution in [-0.4, -0.2) is 16.7 Å². The van der Waals surface area contributed by atoms with E-state index in [1.807, 2.05) is 6.92 Å². The Bertz CT molecular complexity index is 508. The summed E-state index contributed by atoms with van der Waals surface area (Å²) in [6.45, 7) is 3.33. The topological polar surface area (TPSA) is 51.0 Å². The van der Waals surface area contributed by atoms with Gasteiger partial charge in [0.25, 0.3) is 0 Å². The second kappa shape index (κ2) is 5.68. The van der Waals surface area contributed by atoms with E-state index in [2.05, 4.69) is 15.5 Å². The summed E-state index contributed by atoms with van der Waals surface area (Å²) >= 11 is 0. The van der Waals surface area contributed by atoms with Gasteiger partial charge in [-0.3, -0.25) is 0 Å². The smallest absolute Gasteiger partial charge is 0.240 e. The summed E-state index contributed by atoms with van der Waals surface area (Å²) in [5, 5.41) is 6.78. The highest BCUT2D eigenvalue weighted by molar-refractivity contribution is 5.54. The normalized spacial score (nSPS) is 10.8. The number of nitrogens with one attached hydrogen (secondary N) is 1. The van der Waals surface area contributed by atoms with E-state index >= 15 is 0 Å². The summed E-state index contributed by atoms with van der Waals surface area (Å²) in [5.41, 5.74) is 0.262. The summed E-state index contributed by atoms with van der Waals surface area (Å²) in [5.74, 6) is -0.759. The molecule has 0 saturated carbocycles. The summed E-state index contributed by atoms with van der Waals surface area (Å²) in [6, 6.07) is 3.13. The number of nitrogens with zero attached hydrogens (tertiary/aromatic N) is 2. The molecule has 2 aromatic rings. The van der Waals surface area contributed by atoms with E-state index in [4.69, 9.17) is 4.52 Å². The maximum Gasteiger partial charge on any atom is 0.240 e. The van der Waals surface area contributed by atoms with Crippen LogP contribution in [0.15, 0.2) is 22.7 Å². The number of benzene rings is 1. The largest absolute Gasteiger partial charge is 0.338 e. The Morgan fingerprint density at radius 1 is 1.22 bits per heavy atom. The lowest BCUT2D eigenvalue weighted by Crippen LogP contribution is -2.13. The van der Waals surface area contributed by atoms with Gasteiger partial charge in [0.15, 0.2) is 0 Å². The molecule has 1 N–H and O–H groups in total. The third-order valence-electron chi connectivity index (χ3n) is 2.29. The van der Waals surface area contributed by atoms with Crippen molar-refractivity contribution in [2.24, 2.45) is 0 Å². The average molecular weight is 253 g/mol. The predicted octanol–water partition coefficient (Wildman–Crippen LogP) is 2.51. The molecule has 0 atom stereocenters. The highest BCUT2D eigenvalue weighted by atomic mass is 19.1. The van der Waals surface area contributed by atoms with Gasteiger partial charge < -0.3 is 9.84 Å². The molecule has 4 nitrogen and oxygen atoms in total. The Labute approximate surface area is 103 Å². The molecule has 1 aromatic heterocycles. The lowest BCUT2D eigenvalue weighted by atomic mass is 10.2. The monoisotopic (exact) mass is 253 g/mol. The third kappa shape index (κ3) is 3.10. The molecule has 0 aliphatic carbocycles. The molecular formula is C12H13F2N3O. The van der Waals surface area contributed by atoms with Crippen LogP contribution in [0.1, 0.15) is 19.2 Å². The van der Waals surface area contributed by atoms with Crippen LogP contribution in [0.3, 0.4) is 0 Å². The highest BCUT2D eigenvalue weighted by Crippen LogP contribution is 2.18. The van der Waals surface area contributed by atoms with Crippen molar-refractivity contribution in [2.45, 2.75) is 19.9 Å². The van der Waals surface area contributed by atoms with E-state index < -0.39 is 11.6 Å². The SMILES string of the molecule is CCCNCc1nc(-c2cc(F)cc(F)c2)no1. The zero-order chi connectivity index (χ0) is 13.0. The first-order valence-corrected chi connectivity index (χ1v) is 5.69. The van der Waals surface area contributed by atoms with E-state index in [1.165, 1.54) is 0 Å². The molecule has 1 heterocycles. The summed E-state index contributed by atoms with van der Waals surface area (Å²) in [4.78, 5) is 4.06. The van der Waals surface area contributed by atoms with Crippen molar-refractivity contribution >= 4 is 0 Å². The van der Waals surface area contributed by atoms with E-state index in [0.29, 0.717) is 12.4 Å². The molecular weight excluding hydrogens is 240 g/mol. The van der Waals surface area contributed by atoms with Crippen LogP contribution in [0.4, 0.5) is 8.78 Å². The van der Waals surface area contributed by atoms with Gasteiger partial charge in [-0.25, -0.2) is 8.78 Å². The first-order chi connectivity index (χ1) is 8.69. The fourth-order valence-electron chi connectivity index (χ4n) is 1.50. The number of hydrogen-bond acceptors (Lipinski definition) is 4. The number of hydrogen-bond donors (Lipinski definition) is 1. The number of rotatable bonds is 5. The second-order valence-corrected chi connectivity index (χ2v) is 3.85. The fraction of sp³-hybridized carbons (Fsp3) is 0.333. The molecule has 96 valence electrons. The molecule has 1 aromatic carbocycles. The minimum absolute atomic E-state index is 0.182. The molecule has 18 heavy (non-hydrogen) atoms. The Kier molecular flexibility index (Phi) is 3.99. The molecule has 2 rings (SSSR count). The van der Waals surface area contributed by atoms with E-state index in [1.54, 1.807) is 0 Å². The average Bonchev–Trinajstić information content (AvgIpc) is 2.77. The van der Waals surface area contributed by atoms with Gasteiger partial charge in [-0.1, -0.05) is 12.1 Å². The van der Waals surface area contributed by atoms with Gasteiger partial charge in [0.2, 0.25) is 11.7 Å². The van der Waals surface area contributed by atoms with Gasteiger partial charge in [0, 0.05) is 11.6 Å². The van der Waals surface area contributed by atoms with Gasteiger partial charge >= 0.3 is 0 Å². The Hall–Kier alpha value is -1.82. The van der Waals surface area contributed by atoms with Crippen LogP contribution in [0.25, 0.3) is 11.4 Å². The molecule has 0 fully saturated rings. The maximum atomic E-state index is 13.0. The van der Waals surface area contributed by atoms with Gasteiger partial charge in [-0.15, -0.1) is 0 Å². The van der Waals surface area contributed by atoms with Crippen LogP contribution >= 0.6 is 0 Å². The Morgan fingerprint density at radius 3 is 2.61 bits per heavy atom. The zero-order valence-corrected chi connectivity index (χ0v) is 9.91. The molecule has 0 spiro atoms. The molecule has 0 amide bonds. The zero-order valence-electron chi connectivity index (χ0n) is 9.91. The quantitative estimate of drug-likeness (QED) is 0.832. The van der Waals surface area contributed by atoms with Gasteiger partial charge in [0.1, 0.15) is 11.6 Å². The maximum absolute atomic E-state index is 13.0. The summed E-state index contributed by atoms with van der Waals surface area (Å²) in [6.07, 6.45) is 0.996. The minimum Gasteiger partial charge on any atom is -0.338 e. The molecule has 0 saturated heterocycles. The molecule has 0 bridgehead atoms. The van der Waals surface area contributed by atoms with E-state index in [-0.39, 0.29) is 11.4 Å². The van der Waals surface area contributed by atoms with Crippen molar-refractivity contribution in [3.05, 3.63) is 35.7 Å². The second-order valence-electron chi connectivity index (χ2n) is 3.85. The molecule has 0 aliphatic rings. The van der Waals surface area contributed by atoms with Crippen molar-refractivity contribution in [1.82, 2.24) is 15.5 Å². The van der Waals surface area contributed by atoms with Crippen molar-refractivity contribution in [3.63, 3.8) is 0 Å². The van der Waals surface area contributed by atoms with Crippen molar-refractivity contribution < 1.29 is 13.3 Å². The molecule has 6 heteroatoms. The predicted molar refractivity (Wildman–Crippen MR) is 61.6 cm³/mol. The van der Waals surface area contributed by atoms with Crippen LogP contribution < -0.4 is 5.32 Å². The van der Waals surface area contributed by atoms with E-state index in [9.17, 15) is 8.78 Å². The fourth-order valence-corrected chi connectivity index (χ4v) is 1.50. The van der Waals surface area contributed by atoms with Crippen molar-refractivity contribution in [1.29, 1.82) is 0 Å². The third-order valence-corrected chi connectivity index (χ3v) is 2.29. The lowest BCUT2D eigenvalue weighted by molar-refractivity contribution is 0.368. The first-order valence-electron chi connectivity index (χ1n) is 5.69. The first kappa shape index (κ1) is 12.6. The summed E-state index contributed by atoms with van der Waals surface area (Å²) in [7, 11) is 0. The van der Waals surface area contributed by atoms with Gasteiger partial charge in [-0.05, 0) is 25.1 Å². The minimum atomic E-state index is -0.666. The van der Waals surface area contributed by atoms with Gasteiger partial charge in [0.05, 0.1) is 6.54 Å². The standard InChI is InChI=1S/C12H13F2N3O/c1-2-3-15-7-11-16-12(17-18-11)8-4-9(13)6-10(14)5-8/h4-6,15H,2-3,7H2,1H3. The van der Waals surface area contributed by atoms with Crippen LogP contribution in [0, 0.1) is 11.6 Å². The van der Waals surface area contributed by atoms with Gasteiger partial charge in [-0.2, -0.15) is 4.98 Å². The lowest BCUT2D eigenvalue weighted by Gasteiger charge is -1.96. The number of halogens is 2. The number of aromatic nitrogens is 2. The van der Waals surface area contributed by atoms with Crippen LogP contribution in [0.5, 0.6) is 0 Å². The Morgan fingerprint density at radius 2 is 1.94 bits per heavy atom. The van der Waals surface area contributed by atoms with Crippen molar-refractivity contribution in [3.8, 4) is 11.4 Å². The van der Waals surface area contributed by atoms with Crippen LogP contribution in [0.2, 0.25) is 0 Å². The van der Waals surface area contributed by atoms with Crippen molar-refractivity contribution in [2.75, 3.05) is 6.54 Å². The van der Waals surface area contributed by atoms with Crippen LogP contribution in [-0.2, 0) is 6.54 Å². The summed E-state index contributed by atoms with van der Waals surface area (Å²) < 4.78 is 31.0. The molecule has 0 radical (unpaired) electrons.